The summed E-state index contributed by atoms with van der Waals surface area (Å²) in [6, 6.07) is 12.7. The molecule has 0 radical (unpaired) electrons. The van der Waals surface area contributed by atoms with Gasteiger partial charge in [-0.05, 0) is 48.9 Å². The Labute approximate surface area is 120 Å². The van der Waals surface area contributed by atoms with Crippen molar-refractivity contribution < 1.29 is 4.74 Å². The Morgan fingerprint density at radius 2 is 1.90 bits per heavy atom. The fourth-order valence-corrected chi connectivity index (χ4v) is 1.97. The van der Waals surface area contributed by atoms with Crippen LogP contribution in [0.5, 0.6) is 5.75 Å². The van der Waals surface area contributed by atoms with Gasteiger partial charge in [0.15, 0.2) is 0 Å². The van der Waals surface area contributed by atoms with Crippen molar-refractivity contribution in [3.63, 3.8) is 0 Å². The largest absolute Gasteiger partial charge is 0.494 e. The minimum atomic E-state index is 0.517. The lowest BCUT2D eigenvalue weighted by atomic mass is 10.3. The van der Waals surface area contributed by atoms with E-state index in [4.69, 9.17) is 10.3 Å². The van der Waals surface area contributed by atoms with Crippen LogP contribution in [0, 0.1) is 0 Å². The molecule has 0 unspecified atom stereocenters. The summed E-state index contributed by atoms with van der Waals surface area (Å²) in [7, 11) is 0. The Kier molecular flexibility index (Phi) is 3.41. The van der Waals surface area contributed by atoms with Crippen LogP contribution in [0.1, 0.15) is 6.92 Å². The van der Waals surface area contributed by atoms with Crippen molar-refractivity contribution in [3.8, 4) is 11.4 Å². The molecule has 0 atom stereocenters. The number of fused-ring (bicyclic) bond motifs is 1. The van der Waals surface area contributed by atoms with Gasteiger partial charge in [0, 0.05) is 10.6 Å². The van der Waals surface area contributed by atoms with Gasteiger partial charge < -0.3 is 4.74 Å². The first-order valence-electron chi connectivity index (χ1n) is 6.45. The van der Waals surface area contributed by atoms with Gasteiger partial charge in [-0.1, -0.05) is 11.2 Å². The van der Waals surface area contributed by atoms with Crippen molar-refractivity contribution in [1.82, 2.24) is 15.0 Å². The van der Waals surface area contributed by atoms with Crippen LogP contribution in [-0.2, 0) is 0 Å². The third kappa shape index (κ3) is 2.63. The van der Waals surface area contributed by atoms with Gasteiger partial charge in [-0.2, -0.15) is 4.80 Å². The van der Waals surface area contributed by atoms with E-state index in [0.29, 0.717) is 17.8 Å². The second kappa shape index (κ2) is 5.52. The predicted molar refractivity (Wildman–Crippen MR) is 78.8 cm³/mol. The molecule has 3 rings (SSSR count). The van der Waals surface area contributed by atoms with Crippen LogP contribution in [0.2, 0.25) is 0 Å². The Balaban J connectivity index is 1.98. The monoisotopic (exact) mass is 280 g/mol. The summed E-state index contributed by atoms with van der Waals surface area (Å²) in [5.74, 6) is 0.809. The number of hydrogen-bond donors (Lipinski definition) is 0. The first kappa shape index (κ1) is 13.0. The van der Waals surface area contributed by atoms with Gasteiger partial charge in [0.05, 0.1) is 12.3 Å². The molecular formula is C14H12N6O. The Morgan fingerprint density at radius 3 is 2.62 bits per heavy atom. The van der Waals surface area contributed by atoms with E-state index in [1.807, 2.05) is 31.2 Å². The van der Waals surface area contributed by atoms with Gasteiger partial charge in [0.1, 0.15) is 16.8 Å². The van der Waals surface area contributed by atoms with E-state index in [1.54, 1.807) is 23.0 Å². The van der Waals surface area contributed by atoms with Gasteiger partial charge in [-0.25, -0.2) is 0 Å². The molecule has 3 aromatic rings. The van der Waals surface area contributed by atoms with Crippen LogP contribution in [0.3, 0.4) is 0 Å². The molecule has 1 aromatic heterocycles. The Bertz CT molecular complexity index is 817. The number of ether oxygens (including phenoxy) is 1. The lowest BCUT2D eigenvalue weighted by Crippen LogP contribution is -1.98. The highest BCUT2D eigenvalue weighted by Crippen LogP contribution is 2.20. The van der Waals surface area contributed by atoms with Gasteiger partial charge in [-0.3, -0.25) is 0 Å². The molecule has 104 valence electrons. The molecule has 0 N–H and O–H groups in total. The van der Waals surface area contributed by atoms with Gasteiger partial charge in [0.25, 0.3) is 0 Å². The molecule has 2 aromatic carbocycles. The topological polar surface area (TPSA) is 88.7 Å². The molecule has 0 aliphatic rings. The molecule has 0 aliphatic heterocycles. The molecule has 21 heavy (non-hydrogen) atoms. The summed E-state index contributed by atoms with van der Waals surface area (Å²) in [5, 5.41) is 12.3. The number of benzene rings is 2. The zero-order chi connectivity index (χ0) is 14.7. The second-order valence-corrected chi connectivity index (χ2v) is 4.28. The summed E-state index contributed by atoms with van der Waals surface area (Å²) >= 11 is 0. The lowest BCUT2D eigenvalue weighted by Gasteiger charge is -2.03. The van der Waals surface area contributed by atoms with Crippen molar-refractivity contribution in [1.29, 1.82) is 0 Å². The van der Waals surface area contributed by atoms with Crippen LogP contribution in [-0.4, -0.2) is 21.6 Å². The highest BCUT2D eigenvalue weighted by Gasteiger charge is 2.05. The maximum absolute atomic E-state index is 8.45. The van der Waals surface area contributed by atoms with E-state index in [1.165, 1.54) is 0 Å². The average Bonchev–Trinajstić information content (AvgIpc) is 2.92. The maximum atomic E-state index is 8.45. The quantitative estimate of drug-likeness (QED) is 0.414. The highest BCUT2D eigenvalue weighted by molar-refractivity contribution is 5.77. The van der Waals surface area contributed by atoms with Crippen LogP contribution in [0.4, 0.5) is 5.69 Å². The molecule has 0 fully saturated rings. The Morgan fingerprint density at radius 1 is 1.14 bits per heavy atom. The molecule has 0 aliphatic carbocycles. The number of rotatable bonds is 4. The molecule has 0 saturated heterocycles. The predicted octanol–water partition coefficient (Wildman–Crippen LogP) is 3.76. The molecule has 1 heterocycles. The van der Waals surface area contributed by atoms with Crippen molar-refractivity contribution in [2.75, 3.05) is 6.61 Å². The van der Waals surface area contributed by atoms with E-state index in [0.717, 1.165) is 17.0 Å². The van der Waals surface area contributed by atoms with E-state index < -0.39 is 0 Å². The van der Waals surface area contributed by atoms with E-state index >= 15 is 0 Å². The van der Waals surface area contributed by atoms with E-state index in [-0.39, 0.29) is 0 Å². The zero-order valence-corrected chi connectivity index (χ0v) is 11.3. The van der Waals surface area contributed by atoms with Gasteiger partial charge in [-0.15, -0.1) is 10.2 Å². The standard InChI is InChI=1S/C14H12N6O/c1-2-21-12-6-4-11(5-7-12)20-17-13-8-3-10(16-19-15)9-14(13)18-20/h3-9H,2H2,1H3. The van der Waals surface area contributed by atoms with Crippen LogP contribution in [0.15, 0.2) is 47.6 Å². The van der Waals surface area contributed by atoms with Crippen LogP contribution >= 0.6 is 0 Å². The van der Waals surface area contributed by atoms with E-state index in [9.17, 15) is 0 Å². The molecule has 7 nitrogen and oxygen atoms in total. The first-order valence-corrected chi connectivity index (χ1v) is 6.45. The normalized spacial score (nSPS) is 10.3. The number of nitrogens with zero attached hydrogens (tertiary/aromatic N) is 6. The number of aromatic nitrogens is 3. The SMILES string of the molecule is CCOc1ccc(-n2nc3ccc(N=[N+]=[N-])cc3n2)cc1. The Hall–Kier alpha value is -3.05. The maximum Gasteiger partial charge on any atom is 0.119 e. The van der Waals surface area contributed by atoms with Crippen molar-refractivity contribution in [2.24, 2.45) is 5.11 Å². The van der Waals surface area contributed by atoms with Gasteiger partial charge in [0.2, 0.25) is 0 Å². The van der Waals surface area contributed by atoms with Crippen molar-refractivity contribution in [2.45, 2.75) is 6.92 Å². The third-order valence-electron chi connectivity index (χ3n) is 2.90. The summed E-state index contributed by atoms with van der Waals surface area (Å²) < 4.78 is 5.40. The van der Waals surface area contributed by atoms with Crippen LogP contribution in [0.25, 0.3) is 27.2 Å². The summed E-state index contributed by atoms with van der Waals surface area (Å²) in [4.78, 5) is 4.30. The third-order valence-corrected chi connectivity index (χ3v) is 2.90. The fourth-order valence-electron chi connectivity index (χ4n) is 1.97. The van der Waals surface area contributed by atoms with Crippen molar-refractivity contribution >= 4 is 16.7 Å². The summed E-state index contributed by atoms with van der Waals surface area (Å²) in [6.45, 7) is 2.57. The summed E-state index contributed by atoms with van der Waals surface area (Å²) in [5.41, 5.74) is 11.2. The molecule has 0 amide bonds. The highest BCUT2D eigenvalue weighted by atomic mass is 16.5. The van der Waals surface area contributed by atoms with E-state index in [2.05, 4.69) is 20.2 Å². The first-order chi connectivity index (χ1) is 10.3. The average molecular weight is 280 g/mol. The summed E-state index contributed by atoms with van der Waals surface area (Å²) in [6.07, 6.45) is 0. The second-order valence-electron chi connectivity index (χ2n) is 4.28. The minimum Gasteiger partial charge on any atom is -0.494 e. The smallest absolute Gasteiger partial charge is 0.119 e. The molecule has 0 bridgehead atoms. The number of azide groups is 1. The number of hydrogen-bond acceptors (Lipinski definition) is 4. The zero-order valence-electron chi connectivity index (χ0n) is 11.3. The molecule has 0 saturated carbocycles. The van der Waals surface area contributed by atoms with Crippen molar-refractivity contribution in [3.05, 3.63) is 52.9 Å². The fraction of sp³-hybridized carbons (Fsp3) is 0.143. The van der Waals surface area contributed by atoms with Crippen LogP contribution < -0.4 is 4.74 Å². The molecule has 7 heteroatoms. The van der Waals surface area contributed by atoms with Gasteiger partial charge >= 0.3 is 0 Å². The molecular weight excluding hydrogens is 268 g/mol. The minimum absolute atomic E-state index is 0.517. The molecule has 0 spiro atoms. The lowest BCUT2D eigenvalue weighted by molar-refractivity contribution is 0.340.